The number of amides is 1. The fourth-order valence-electron chi connectivity index (χ4n) is 2.49. The summed E-state index contributed by atoms with van der Waals surface area (Å²) in [7, 11) is 0. The lowest BCUT2D eigenvalue weighted by atomic mass is 10.1. The van der Waals surface area contributed by atoms with Crippen LogP contribution in [0.4, 0.5) is 0 Å². The second-order valence-electron chi connectivity index (χ2n) is 4.56. The van der Waals surface area contributed by atoms with E-state index in [4.69, 9.17) is 11.6 Å². The second-order valence-corrected chi connectivity index (χ2v) is 4.99. The van der Waals surface area contributed by atoms with Crippen LogP contribution < -0.4 is 16.0 Å². The van der Waals surface area contributed by atoms with E-state index in [-0.39, 0.29) is 18.1 Å². The molecule has 1 aromatic carbocycles. The van der Waals surface area contributed by atoms with Gasteiger partial charge in [-0.3, -0.25) is 20.3 Å². The van der Waals surface area contributed by atoms with E-state index in [1.54, 1.807) is 0 Å². The molecule has 0 aliphatic carbocycles. The maximum atomic E-state index is 12.0. The number of benzene rings is 1. The maximum absolute atomic E-state index is 12.0. The average molecular weight is 267 g/mol. The van der Waals surface area contributed by atoms with E-state index in [0.29, 0.717) is 6.67 Å². The van der Waals surface area contributed by atoms with E-state index in [1.165, 1.54) is 5.56 Å². The molecule has 2 aliphatic rings. The van der Waals surface area contributed by atoms with E-state index >= 15 is 0 Å². The lowest BCUT2D eigenvalue weighted by Crippen LogP contribution is -2.65. The summed E-state index contributed by atoms with van der Waals surface area (Å²) in [6.45, 7) is 1.42. The Hall–Kier alpha value is -1.14. The Morgan fingerprint density at radius 2 is 2.11 bits per heavy atom. The number of hydrogen-bond acceptors (Lipinski definition) is 4. The summed E-state index contributed by atoms with van der Waals surface area (Å²) < 4.78 is 0. The molecule has 0 radical (unpaired) electrons. The van der Waals surface area contributed by atoms with Gasteiger partial charge in [0, 0.05) is 6.54 Å². The van der Waals surface area contributed by atoms with Gasteiger partial charge in [-0.1, -0.05) is 41.9 Å². The molecule has 0 spiro atoms. The zero-order valence-corrected chi connectivity index (χ0v) is 10.5. The number of carbonyl (C=O) groups excluding carboxylic acids is 1. The molecule has 0 aromatic heterocycles. The first kappa shape index (κ1) is 11.9. The summed E-state index contributed by atoms with van der Waals surface area (Å²) in [5.74, 6) is -0.0281. The third kappa shape index (κ3) is 2.22. The van der Waals surface area contributed by atoms with Crippen molar-refractivity contribution in [1.82, 2.24) is 20.9 Å². The molecule has 3 atom stereocenters. The smallest absolute Gasteiger partial charge is 0.242 e. The van der Waals surface area contributed by atoms with Crippen molar-refractivity contribution in [3.8, 4) is 0 Å². The van der Waals surface area contributed by atoms with Gasteiger partial charge in [0.25, 0.3) is 0 Å². The summed E-state index contributed by atoms with van der Waals surface area (Å²) >= 11 is 5.88. The van der Waals surface area contributed by atoms with Crippen molar-refractivity contribution in [1.29, 1.82) is 0 Å². The van der Waals surface area contributed by atoms with Gasteiger partial charge in [0.1, 0.15) is 6.04 Å². The molecular weight excluding hydrogens is 252 g/mol. The molecule has 0 bridgehead atoms. The van der Waals surface area contributed by atoms with Crippen molar-refractivity contribution in [2.45, 2.75) is 24.4 Å². The minimum absolute atomic E-state index is 0.0281. The SMILES string of the molecule is O=C1NC(Cl)NC2NCN(Cc3ccccc3)C12. The van der Waals surface area contributed by atoms with Crippen LogP contribution in [0.3, 0.4) is 0 Å². The van der Waals surface area contributed by atoms with Gasteiger partial charge in [0.05, 0.1) is 12.8 Å². The Morgan fingerprint density at radius 3 is 2.89 bits per heavy atom. The van der Waals surface area contributed by atoms with Crippen LogP contribution in [0.25, 0.3) is 0 Å². The lowest BCUT2D eigenvalue weighted by molar-refractivity contribution is -0.128. The summed E-state index contributed by atoms with van der Waals surface area (Å²) in [5, 5.41) is 9.06. The molecule has 2 aliphatic heterocycles. The van der Waals surface area contributed by atoms with Gasteiger partial charge in [-0.15, -0.1) is 0 Å². The number of nitrogens with one attached hydrogen (secondary N) is 3. The number of fused-ring (bicyclic) bond motifs is 1. The zero-order valence-electron chi connectivity index (χ0n) is 9.77. The number of hydrogen-bond donors (Lipinski definition) is 3. The minimum Gasteiger partial charge on any atom is -0.326 e. The molecule has 5 nitrogen and oxygen atoms in total. The largest absolute Gasteiger partial charge is 0.326 e. The average Bonchev–Trinajstić information content (AvgIpc) is 2.73. The molecule has 0 saturated carbocycles. The Bertz CT molecular complexity index is 441. The highest BCUT2D eigenvalue weighted by atomic mass is 35.5. The second kappa shape index (κ2) is 4.85. The maximum Gasteiger partial charge on any atom is 0.242 e. The number of nitrogens with zero attached hydrogens (tertiary/aromatic N) is 1. The molecule has 1 aromatic rings. The highest BCUT2D eigenvalue weighted by molar-refractivity contribution is 6.21. The van der Waals surface area contributed by atoms with Crippen LogP contribution in [0.5, 0.6) is 0 Å². The molecule has 2 heterocycles. The Morgan fingerprint density at radius 1 is 1.33 bits per heavy atom. The van der Waals surface area contributed by atoms with Gasteiger partial charge in [0.15, 0.2) is 5.62 Å². The Kier molecular flexibility index (Phi) is 3.22. The molecule has 3 rings (SSSR count). The molecular formula is C12H15ClN4O. The quantitative estimate of drug-likeness (QED) is 0.521. The van der Waals surface area contributed by atoms with Gasteiger partial charge in [-0.2, -0.15) is 0 Å². The highest BCUT2D eigenvalue weighted by Crippen LogP contribution is 2.18. The summed E-state index contributed by atoms with van der Waals surface area (Å²) in [6, 6.07) is 9.91. The summed E-state index contributed by atoms with van der Waals surface area (Å²) in [6.07, 6.45) is -0.0787. The van der Waals surface area contributed by atoms with Crippen molar-refractivity contribution in [2.24, 2.45) is 0 Å². The van der Waals surface area contributed by atoms with Crippen LogP contribution >= 0.6 is 11.6 Å². The fourth-order valence-corrected chi connectivity index (χ4v) is 2.73. The topological polar surface area (TPSA) is 56.4 Å². The van der Waals surface area contributed by atoms with Crippen molar-refractivity contribution >= 4 is 17.5 Å². The Labute approximate surface area is 110 Å². The molecule has 6 heteroatoms. The molecule has 3 N–H and O–H groups in total. The molecule has 18 heavy (non-hydrogen) atoms. The first-order valence-corrected chi connectivity index (χ1v) is 6.39. The number of rotatable bonds is 2. The van der Waals surface area contributed by atoms with E-state index in [9.17, 15) is 4.79 Å². The predicted octanol–water partition coefficient (Wildman–Crippen LogP) is -0.0142. The van der Waals surface area contributed by atoms with Crippen LogP contribution in [0.1, 0.15) is 5.56 Å². The lowest BCUT2D eigenvalue weighted by Gasteiger charge is -2.33. The van der Waals surface area contributed by atoms with Crippen LogP contribution in [0.15, 0.2) is 30.3 Å². The minimum atomic E-state index is -0.497. The molecule has 96 valence electrons. The highest BCUT2D eigenvalue weighted by Gasteiger charge is 2.43. The Balaban J connectivity index is 1.73. The number of halogens is 1. The predicted molar refractivity (Wildman–Crippen MR) is 68.5 cm³/mol. The summed E-state index contributed by atoms with van der Waals surface area (Å²) in [4.78, 5) is 14.1. The van der Waals surface area contributed by atoms with Crippen LogP contribution in [-0.4, -0.2) is 35.3 Å². The van der Waals surface area contributed by atoms with Crippen LogP contribution in [-0.2, 0) is 11.3 Å². The molecule has 2 fully saturated rings. The third-order valence-electron chi connectivity index (χ3n) is 3.32. The third-order valence-corrected chi connectivity index (χ3v) is 3.55. The first-order chi connectivity index (χ1) is 8.74. The van der Waals surface area contributed by atoms with Crippen LogP contribution in [0, 0.1) is 0 Å². The van der Waals surface area contributed by atoms with Gasteiger partial charge in [0.2, 0.25) is 5.91 Å². The van der Waals surface area contributed by atoms with Crippen molar-refractivity contribution in [3.05, 3.63) is 35.9 Å². The zero-order chi connectivity index (χ0) is 12.5. The fraction of sp³-hybridized carbons (Fsp3) is 0.417. The molecule has 3 unspecified atom stereocenters. The van der Waals surface area contributed by atoms with E-state index in [2.05, 4.69) is 33.0 Å². The first-order valence-electron chi connectivity index (χ1n) is 5.96. The van der Waals surface area contributed by atoms with Crippen LogP contribution in [0.2, 0.25) is 0 Å². The van der Waals surface area contributed by atoms with E-state index in [1.807, 2.05) is 18.2 Å². The molecule has 2 saturated heterocycles. The van der Waals surface area contributed by atoms with Crippen molar-refractivity contribution in [2.75, 3.05) is 6.67 Å². The normalized spacial score (nSPS) is 32.1. The number of alkyl halides is 1. The van der Waals surface area contributed by atoms with E-state index < -0.39 is 5.62 Å². The van der Waals surface area contributed by atoms with Gasteiger partial charge in [-0.25, -0.2) is 0 Å². The van der Waals surface area contributed by atoms with Gasteiger partial charge >= 0.3 is 0 Å². The summed E-state index contributed by atoms with van der Waals surface area (Å²) in [5.41, 5.74) is 0.698. The van der Waals surface area contributed by atoms with E-state index in [0.717, 1.165) is 6.54 Å². The standard InChI is InChI=1S/C12H15ClN4O/c13-12-15-10-9(11(18)16-12)17(7-14-10)6-8-4-2-1-3-5-8/h1-5,9-10,12,14-15H,6-7H2,(H,16,18). The number of carbonyl (C=O) groups is 1. The van der Waals surface area contributed by atoms with Crippen molar-refractivity contribution < 1.29 is 4.79 Å². The van der Waals surface area contributed by atoms with Gasteiger partial charge < -0.3 is 5.32 Å². The molecule has 1 amide bonds. The van der Waals surface area contributed by atoms with Crippen molar-refractivity contribution in [3.63, 3.8) is 0 Å². The van der Waals surface area contributed by atoms with Gasteiger partial charge in [-0.05, 0) is 5.56 Å². The monoisotopic (exact) mass is 266 g/mol.